The van der Waals surface area contributed by atoms with Crippen LogP contribution in [0.4, 0.5) is 4.39 Å². The van der Waals surface area contributed by atoms with Crippen LogP contribution in [0.25, 0.3) is 0 Å². The van der Waals surface area contributed by atoms with Crippen molar-refractivity contribution < 1.29 is 18.7 Å². The molecule has 3 aromatic rings. The zero-order valence-corrected chi connectivity index (χ0v) is 18.8. The van der Waals surface area contributed by atoms with E-state index >= 15 is 0 Å². The normalized spacial score (nSPS) is 11.6. The van der Waals surface area contributed by atoms with Gasteiger partial charge in [-0.1, -0.05) is 36.0 Å². The zero-order valence-electron chi connectivity index (χ0n) is 18.0. The van der Waals surface area contributed by atoms with Crippen LogP contribution in [0, 0.1) is 5.82 Å². The monoisotopic (exact) mass is 457 g/mol. The maximum absolute atomic E-state index is 13.8. The van der Waals surface area contributed by atoms with Gasteiger partial charge < -0.3 is 19.9 Å². The van der Waals surface area contributed by atoms with E-state index < -0.39 is 17.8 Å². The van der Waals surface area contributed by atoms with Crippen molar-refractivity contribution in [2.45, 2.75) is 24.7 Å². The molecule has 1 aromatic heterocycles. The maximum Gasteiger partial charge on any atom is 0.254 e. The fourth-order valence-electron chi connectivity index (χ4n) is 2.94. The summed E-state index contributed by atoms with van der Waals surface area (Å²) >= 11 is 1.24. The second-order valence-electron chi connectivity index (χ2n) is 6.99. The van der Waals surface area contributed by atoms with Gasteiger partial charge in [0.1, 0.15) is 11.6 Å². The first kappa shape index (κ1) is 23.3. The molecule has 0 spiro atoms. The number of nitrogens with zero attached hydrogens (tertiary/aromatic N) is 3. The summed E-state index contributed by atoms with van der Waals surface area (Å²) in [6, 6.07) is 12.7. The molecule has 32 heavy (non-hydrogen) atoms. The lowest BCUT2D eigenvalue weighted by molar-refractivity contribution is -0.118. The van der Waals surface area contributed by atoms with Crippen molar-refractivity contribution in [3.63, 3.8) is 0 Å². The van der Waals surface area contributed by atoms with Crippen LogP contribution < -0.4 is 15.4 Å². The van der Waals surface area contributed by atoms with E-state index in [-0.39, 0.29) is 17.2 Å². The van der Waals surface area contributed by atoms with E-state index in [0.29, 0.717) is 17.5 Å². The van der Waals surface area contributed by atoms with E-state index in [0.717, 1.165) is 11.3 Å². The molecule has 168 valence electrons. The Morgan fingerprint density at radius 2 is 1.88 bits per heavy atom. The number of carbonyl (C=O) groups excluding carboxylic acids is 2. The van der Waals surface area contributed by atoms with Gasteiger partial charge >= 0.3 is 0 Å². The highest BCUT2D eigenvalue weighted by Gasteiger charge is 2.20. The molecule has 0 aliphatic rings. The Morgan fingerprint density at radius 1 is 1.16 bits per heavy atom. The highest BCUT2D eigenvalue weighted by atomic mass is 32.2. The lowest BCUT2D eigenvalue weighted by Crippen LogP contribution is -2.29. The minimum absolute atomic E-state index is 0.0374. The van der Waals surface area contributed by atoms with Crippen molar-refractivity contribution in [2.75, 3.05) is 12.9 Å². The first-order valence-electron chi connectivity index (χ1n) is 9.86. The lowest BCUT2D eigenvalue weighted by atomic mass is 10.2. The molecule has 1 heterocycles. The Bertz CT molecular complexity index is 1090. The molecule has 0 aliphatic heterocycles. The number of hydrogen-bond donors (Lipinski definition) is 2. The second kappa shape index (κ2) is 10.8. The van der Waals surface area contributed by atoms with E-state index in [1.807, 2.05) is 24.3 Å². The predicted octanol–water partition coefficient (Wildman–Crippen LogP) is 2.86. The Hall–Kier alpha value is -3.40. The zero-order chi connectivity index (χ0) is 23.1. The number of halogens is 1. The Kier molecular flexibility index (Phi) is 7.82. The third-order valence-electron chi connectivity index (χ3n) is 4.70. The SMILES string of the molecule is COc1ccc(CNC(=O)CSc2nnc([C@@H](C)NC(=O)c3ccccc3F)n2C)cc1. The van der Waals surface area contributed by atoms with Crippen molar-refractivity contribution in [3.8, 4) is 5.75 Å². The molecule has 2 aromatic carbocycles. The smallest absolute Gasteiger partial charge is 0.254 e. The summed E-state index contributed by atoms with van der Waals surface area (Å²) in [6.45, 7) is 2.14. The highest BCUT2D eigenvalue weighted by molar-refractivity contribution is 7.99. The molecule has 0 saturated carbocycles. The van der Waals surface area contributed by atoms with Crippen molar-refractivity contribution in [2.24, 2.45) is 7.05 Å². The van der Waals surface area contributed by atoms with Crippen LogP contribution >= 0.6 is 11.8 Å². The van der Waals surface area contributed by atoms with E-state index in [1.54, 1.807) is 31.7 Å². The van der Waals surface area contributed by atoms with E-state index in [2.05, 4.69) is 20.8 Å². The van der Waals surface area contributed by atoms with Crippen molar-refractivity contribution >= 4 is 23.6 Å². The number of aromatic nitrogens is 3. The third kappa shape index (κ3) is 5.85. The summed E-state index contributed by atoms with van der Waals surface area (Å²) in [6.07, 6.45) is 0. The summed E-state index contributed by atoms with van der Waals surface area (Å²) in [5, 5.41) is 14.3. The van der Waals surface area contributed by atoms with E-state index in [1.165, 1.54) is 30.0 Å². The number of nitrogens with one attached hydrogen (secondary N) is 2. The molecule has 3 rings (SSSR count). The third-order valence-corrected chi connectivity index (χ3v) is 5.72. The van der Waals surface area contributed by atoms with Gasteiger partial charge in [0, 0.05) is 13.6 Å². The summed E-state index contributed by atoms with van der Waals surface area (Å²) in [7, 11) is 3.35. The summed E-state index contributed by atoms with van der Waals surface area (Å²) < 4.78 is 20.6. The first-order chi connectivity index (χ1) is 15.4. The van der Waals surface area contributed by atoms with Crippen LogP contribution in [-0.2, 0) is 18.4 Å². The van der Waals surface area contributed by atoms with Gasteiger partial charge in [0.25, 0.3) is 5.91 Å². The van der Waals surface area contributed by atoms with Crippen molar-refractivity contribution in [1.82, 2.24) is 25.4 Å². The average Bonchev–Trinajstić information content (AvgIpc) is 3.17. The van der Waals surface area contributed by atoms with Gasteiger partial charge in [-0.2, -0.15) is 0 Å². The second-order valence-corrected chi connectivity index (χ2v) is 7.93. The van der Waals surface area contributed by atoms with Gasteiger partial charge in [-0.25, -0.2) is 4.39 Å². The molecule has 10 heteroatoms. The summed E-state index contributed by atoms with van der Waals surface area (Å²) in [5.74, 6) is 0.149. The van der Waals surface area contributed by atoms with Gasteiger partial charge in [0.05, 0.1) is 24.5 Å². The molecular formula is C22H24FN5O3S. The van der Waals surface area contributed by atoms with Crippen LogP contribution in [0.2, 0.25) is 0 Å². The van der Waals surface area contributed by atoms with Crippen molar-refractivity contribution in [3.05, 3.63) is 71.3 Å². The number of thioether (sulfide) groups is 1. The average molecular weight is 458 g/mol. The molecule has 2 N–H and O–H groups in total. The fraction of sp³-hybridized carbons (Fsp3) is 0.273. The quantitative estimate of drug-likeness (QED) is 0.480. The number of hydrogen-bond acceptors (Lipinski definition) is 6. The lowest BCUT2D eigenvalue weighted by Gasteiger charge is -2.14. The number of benzene rings is 2. The predicted molar refractivity (Wildman–Crippen MR) is 119 cm³/mol. The standard InChI is InChI=1S/C22H24FN5O3S/c1-14(25-21(30)17-6-4-5-7-18(17)23)20-26-27-22(28(20)2)32-13-19(29)24-12-15-8-10-16(31-3)11-9-15/h4-11,14H,12-13H2,1-3H3,(H,24,29)(H,25,30)/t14-/m1/s1. The molecule has 0 radical (unpaired) electrons. The van der Waals surface area contributed by atoms with Gasteiger partial charge in [-0.15, -0.1) is 10.2 Å². The number of rotatable bonds is 9. The molecular weight excluding hydrogens is 433 g/mol. The van der Waals surface area contributed by atoms with Crippen LogP contribution in [0.5, 0.6) is 5.75 Å². The molecule has 1 atom stereocenters. The largest absolute Gasteiger partial charge is 0.497 e. The number of ether oxygens (including phenoxy) is 1. The van der Waals surface area contributed by atoms with Crippen LogP contribution in [0.1, 0.15) is 34.7 Å². The fourth-order valence-corrected chi connectivity index (χ4v) is 3.69. The Morgan fingerprint density at radius 3 is 2.56 bits per heavy atom. The van der Waals surface area contributed by atoms with Gasteiger partial charge in [0.2, 0.25) is 5.91 Å². The van der Waals surface area contributed by atoms with Crippen LogP contribution in [-0.4, -0.2) is 39.4 Å². The molecule has 0 unspecified atom stereocenters. The van der Waals surface area contributed by atoms with Crippen LogP contribution in [0.3, 0.4) is 0 Å². The maximum atomic E-state index is 13.8. The van der Waals surface area contributed by atoms with E-state index in [4.69, 9.17) is 4.74 Å². The Labute approximate surface area is 189 Å². The molecule has 0 bridgehead atoms. The summed E-state index contributed by atoms with van der Waals surface area (Å²) in [4.78, 5) is 24.5. The van der Waals surface area contributed by atoms with Crippen molar-refractivity contribution in [1.29, 1.82) is 0 Å². The number of amides is 2. The minimum atomic E-state index is -0.591. The molecule has 8 nitrogen and oxygen atoms in total. The number of carbonyl (C=O) groups is 2. The van der Waals surface area contributed by atoms with Gasteiger partial charge in [-0.3, -0.25) is 9.59 Å². The highest BCUT2D eigenvalue weighted by Crippen LogP contribution is 2.19. The molecule has 0 fully saturated rings. The topological polar surface area (TPSA) is 98.1 Å². The molecule has 0 aliphatic carbocycles. The van der Waals surface area contributed by atoms with E-state index in [9.17, 15) is 14.0 Å². The minimum Gasteiger partial charge on any atom is -0.497 e. The van der Waals surface area contributed by atoms with Gasteiger partial charge in [-0.05, 0) is 36.8 Å². The molecule has 2 amide bonds. The van der Waals surface area contributed by atoms with Crippen LogP contribution in [0.15, 0.2) is 53.7 Å². The first-order valence-corrected chi connectivity index (χ1v) is 10.8. The summed E-state index contributed by atoms with van der Waals surface area (Å²) in [5.41, 5.74) is 0.925. The van der Waals surface area contributed by atoms with Gasteiger partial charge in [0.15, 0.2) is 11.0 Å². The molecule has 0 saturated heterocycles. The Balaban J connectivity index is 1.51. The number of methoxy groups -OCH3 is 1.